The number of carbonyl (C=O) groups excluding carboxylic acids is 1. The topological polar surface area (TPSA) is 32.9 Å². The maximum Gasteiger partial charge on any atom is 0.152 e. The average Bonchev–Trinajstić information content (AvgIpc) is 2.91. The molecule has 0 unspecified atom stereocenters. The van der Waals surface area contributed by atoms with Gasteiger partial charge in [-0.05, 0) is 48.2 Å². The molecule has 3 aromatic rings. The fraction of sp³-hybridized carbons (Fsp3) is 0.211. The smallest absolute Gasteiger partial charge is 0.152 e. The van der Waals surface area contributed by atoms with Crippen molar-refractivity contribution in [3.05, 3.63) is 58.6 Å². The molecule has 0 atom stereocenters. The maximum absolute atomic E-state index is 11.6. The molecular weight excluding hydrogens is 294 g/mol. The van der Waals surface area contributed by atoms with Crippen LogP contribution in [0.1, 0.15) is 35.7 Å². The molecule has 2 nitrogen and oxygen atoms in total. The first-order chi connectivity index (χ1) is 10.7. The number of carbonyl (C=O) groups is 1. The number of aldehydes is 1. The molecule has 22 heavy (non-hydrogen) atoms. The summed E-state index contributed by atoms with van der Waals surface area (Å²) in [6.45, 7) is 2.18. The fourth-order valence-corrected chi connectivity index (χ4v) is 2.89. The lowest BCUT2D eigenvalue weighted by atomic mass is 10.0. The fourth-order valence-electron chi connectivity index (χ4n) is 2.76. The predicted octanol–water partition coefficient (Wildman–Crippen LogP) is 5.64. The van der Waals surface area contributed by atoms with Crippen molar-refractivity contribution in [3.63, 3.8) is 0 Å². The van der Waals surface area contributed by atoms with Crippen molar-refractivity contribution in [3.8, 4) is 11.3 Å². The second-order valence-corrected chi connectivity index (χ2v) is 5.96. The lowest BCUT2D eigenvalue weighted by Crippen LogP contribution is -1.86. The van der Waals surface area contributed by atoms with Gasteiger partial charge in [-0.2, -0.15) is 0 Å². The van der Waals surface area contributed by atoms with Gasteiger partial charge in [0.05, 0.1) is 5.69 Å². The monoisotopic (exact) mass is 311 g/mol. The molecule has 0 fully saturated rings. The van der Waals surface area contributed by atoms with E-state index in [9.17, 15) is 4.79 Å². The highest BCUT2D eigenvalue weighted by Crippen LogP contribution is 2.30. The molecule has 0 amide bonds. The van der Waals surface area contributed by atoms with Gasteiger partial charge in [0.25, 0.3) is 0 Å². The average molecular weight is 312 g/mol. The number of hydrogen-bond acceptors (Lipinski definition) is 1. The highest BCUT2D eigenvalue weighted by molar-refractivity contribution is 6.30. The van der Waals surface area contributed by atoms with Crippen molar-refractivity contribution in [2.45, 2.75) is 26.2 Å². The van der Waals surface area contributed by atoms with E-state index in [0.29, 0.717) is 5.02 Å². The second-order valence-electron chi connectivity index (χ2n) is 5.52. The van der Waals surface area contributed by atoms with Crippen molar-refractivity contribution in [2.75, 3.05) is 0 Å². The summed E-state index contributed by atoms with van der Waals surface area (Å²) in [5.41, 5.74) is 4.81. The number of H-pyrrole nitrogens is 1. The van der Waals surface area contributed by atoms with Crippen molar-refractivity contribution in [2.24, 2.45) is 0 Å². The summed E-state index contributed by atoms with van der Waals surface area (Å²) in [4.78, 5) is 15.0. The minimum atomic E-state index is 0.689. The normalized spacial score (nSPS) is 11.0. The number of aromatic amines is 1. The number of unbranched alkanes of at least 4 members (excludes halogenated alkanes) is 1. The summed E-state index contributed by atoms with van der Waals surface area (Å²) in [5.74, 6) is 0. The Morgan fingerprint density at radius 2 is 1.91 bits per heavy atom. The second kappa shape index (κ2) is 6.37. The molecule has 3 heteroatoms. The van der Waals surface area contributed by atoms with E-state index in [-0.39, 0.29) is 0 Å². The van der Waals surface area contributed by atoms with Gasteiger partial charge in [0.1, 0.15) is 0 Å². The van der Waals surface area contributed by atoms with Crippen molar-refractivity contribution in [1.82, 2.24) is 4.98 Å². The zero-order chi connectivity index (χ0) is 15.5. The van der Waals surface area contributed by atoms with Crippen LogP contribution in [0.2, 0.25) is 5.02 Å². The predicted molar refractivity (Wildman–Crippen MR) is 92.7 cm³/mol. The van der Waals surface area contributed by atoms with Crippen LogP contribution in [-0.4, -0.2) is 11.3 Å². The number of hydrogen-bond donors (Lipinski definition) is 1. The Bertz CT molecular complexity index is 802. The molecule has 0 saturated heterocycles. The SMILES string of the molecule is CCCCc1ccc2[nH]c(-c3ccc(Cl)cc3)c(C=O)c2c1. The van der Waals surface area contributed by atoms with Crippen molar-refractivity contribution < 1.29 is 4.79 Å². The van der Waals surface area contributed by atoms with Gasteiger partial charge >= 0.3 is 0 Å². The Hall–Kier alpha value is -2.06. The highest BCUT2D eigenvalue weighted by atomic mass is 35.5. The van der Waals surface area contributed by atoms with Gasteiger partial charge in [-0.15, -0.1) is 0 Å². The van der Waals surface area contributed by atoms with E-state index in [0.717, 1.165) is 46.9 Å². The summed E-state index contributed by atoms with van der Waals surface area (Å²) in [6.07, 6.45) is 4.32. The first-order valence-electron chi connectivity index (χ1n) is 7.58. The molecular formula is C19H18ClNO. The molecule has 112 valence electrons. The van der Waals surface area contributed by atoms with Crippen LogP contribution in [0, 0.1) is 0 Å². The zero-order valence-electron chi connectivity index (χ0n) is 12.5. The maximum atomic E-state index is 11.6. The number of benzene rings is 2. The van der Waals surface area contributed by atoms with Crippen molar-refractivity contribution in [1.29, 1.82) is 0 Å². The first-order valence-corrected chi connectivity index (χ1v) is 7.96. The van der Waals surface area contributed by atoms with Gasteiger partial charge < -0.3 is 4.98 Å². The summed E-state index contributed by atoms with van der Waals surface area (Å²) in [7, 11) is 0. The number of fused-ring (bicyclic) bond motifs is 1. The molecule has 2 aromatic carbocycles. The van der Waals surface area contributed by atoms with Gasteiger partial charge in [0.15, 0.2) is 6.29 Å². The lowest BCUT2D eigenvalue weighted by molar-refractivity contribution is 0.112. The van der Waals surface area contributed by atoms with Gasteiger partial charge in [-0.3, -0.25) is 4.79 Å². The van der Waals surface area contributed by atoms with Crippen LogP contribution in [0.15, 0.2) is 42.5 Å². The molecule has 1 aromatic heterocycles. The molecule has 1 N–H and O–H groups in total. The van der Waals surface area contributed by atoms with Crippen LogP contribution >= 0.6 is 11.6 Å². The van der Waals surface area contributed by atoms with Crippen LogP contribution in [0.3, 0.4) is 0 Å². The van der Waals surface area contributed by atoms with Gasteiger partial charge in [0.2, 0.25) is 0 Å². The molecule has 0 aliphatic rings. The van der Waals surface area contributed by atoms with Gasteiger partial charge in [-0.1, -0.05) is 43.1 Å². The lowest BCUT2D eigenvalue weighted by Gasteiger charge is -2.01. The van der Waals surface area contributed by atoms with Crippen LogP contribution in [0.25, 0.3) is 22.2 Å². The summed E-state index contributed by atoms with van der Waals surface area (Å²) in [6, 6.07) is 13.9. The Kier molecular flexibility index (Phi) is 4.30. The van der Waals surface area contributed by atoms with E-state index in [1.165, 1.54) is 12.0 Å². The summed E-state index contributed by atoms with van der Waals surface area (Å²) >= 11 is 5.94. The first kappa shape index (κ1) is 14.9. The Morgan fingerprint density at radius 1 is 1.14 bits per heavy atom. The van der Waals surface area contributed by atoms with Crippen LogP contribution in [-0.2, 0) is 6.42 Å². The van der Waals surface area contributed by atoms with E-state index in [1.807, 2.05) is 24.3 Å². The van der Waals surface area contributed by atoms with E-state index < -0.39 is 0 Å². The minimum absolute atomic E-state index is 0.689. The largest absolute Gasteiger partial charge is 0.354 e. The van der Waals surface area contributed by atoms with Gasteiger partial charge in [0, 0.05) is 21.5 Å². The molecule has 0 aliphatic carbocycles. The van der Waals surface area contributed by atoms with E-state index >= 15 is 0 Å². The summed E-state index contributed by atoms with van der Waals surface area (Å²) in [5, 5.41) is 1.68. The van der Waals surface area contributed by atoms with E-state index in [1.54, 1.807) is 0 Å². The Balaban J connectivity index is 2.11. The van der Waals surface area contributed by atoms with E-state index in [2.05, 4.69) is 30.1 Å². The molecule has 0 bridgehead atoms. The highest BCUT2D eigenvalue weighted by Gasteiger charge is 2.13. The molecule has 0 aliphatic heterocycles. The molecule has 0 radical (unpaired) electrons. The summed E-state index contributed by atoms with van der Waals surface area (Å²) < 4.78 is 0. The Labute approximate surface area is 135 Å². The quantitative estimate of drug-likeness (QED) is 0.607. The number of aromatic nitrogens is 1. The zero-order valence-corrected chi connectivity index (χ0v) is 13.3. The standard InChI is InChI=1S/C19H18ClNO/c1-2-3-4-13-5-10-18-16(11-13)17(12-22)19(21-18)14-6-8-15(20)9-7-14/h5-12,21H,2-4H2,1H3. The van der Waals surface area contributed by atoms with Crippen LogP contribution < -0.4 is 0 Å². The molecule has 0 spiro atoms. The number of aryl methyl sites for hydroxylation is 1. The van der Waals surface area contributed by atoms with E-state index in [4.69, 9.17) is 11.6 Å². The minimum Gasteiger partial charge on any atom is -0.354 e. The Morgan fingerprint density at radius 3 is 2.59 bits per heavy atom. The number of rotatable bonds is 5. The third-order valence-electron chi connectivity index (χ3n) is 3.97. The third-order valence-corrected chi connectivity index (χ3v) is 4.22. The van der Waals surface area contributed by atoms with Crippen molar-refractivity contribution >= 4 is 28.8 Å². The number of nitrogens with one attached hydrogen (secondary N) is 1. The van der Waals surface area contributed by atoms with Crippen LogP contribution in [0.5, 0.6) is 0 Å². The van der Waals surface area contributed by atoms with Crippen LogP contribution in [0.4, 0.5) is 0 Å². The third kappa shape index (κ3) is 2.79. The molecule has 1 heterocycles. The van der Waals surface area contributed by atoms with Gasteiger partial charge in [-0.25, -0.2) is 0 Å². The molecule has 0 saturated carbocycles. The number of halogens is 1. The molecule has 3 rings (SSSR count).